The molecule has 4 nitrogen and oxygen atoms in total. The Balaban J connectivity index is 1.69. The second kappa shape index (κ2) is 6.90. The molecule has 1 N–H and O–H groups in total. The van der Waals surface area contributed by atoms with E-state index < -0.39 is 0 Å². The van der Waals surface area contributed by atoms with Gasteiger partial charge in [-0.25, -0.2) is 0 Å². The molecular formula is C14H26N4. The number of rotatable bonds is 6. The second-order valence-corrected chi connectivity index (χ2v) is 5.21. The number of aryl methyl sites for hydroxylation is 1. The maximum Gasteiger partial charge on any atom is 0.0537 e. The molecule has 0 aromatic carbocycles. The van der Waals surface area contributed by atoms with Gasteiger partial charge in [0.2, 0.25) is 0 Å². The maximum atomic E-state index is 4.32. The zero-order chi connectivity index (χ0) is 12.8. The fraction of sp³-hybridized carbons (Fsp3) is 0.786. The van der Waals surface area contributed by atoms with E-state index in [1.807, 2.05) is 10.9 Å². The molecule has 2 heterocycles. The molecular weight excluding hydrogens is 224 g/mol. The third-order valence-corrected chi connectivity index (χ3v) is 3.80. The summed E-state index contributed by atoms with van der Waals surface area (Å²) >= 11 is 0. The monoisotopic (exact) mass is 250 g/mol. The van der Waals surface area contributed by atoms with Gasteiger partial charge in [-0.2, -0.15) is 5.10 Å². The molecule has 0 bridgehead atoms. The molecule has 4 heteroatoms. The fourth-order valence-corrected chi connectivity index (χ4v) is 2.52. The van der Waals surface area contributed by atoms with Crippen LogP contribution in [-0.4, -0.2) is 40.9 Å². The second-order valence-electron chi connectivity index (χ2n) is 5.21. The number of likely N-dealkylation sites (tertiary alicyclic amines) is 1. The standard InChI is InChI=1S/C14H26N4/c1-3-18-12-14(11-16-18)13(2)15-7-10-17-8-5-4-6-9-17/h11-13,15H,3-10H2,1-2H3. The Bertz CT molecular complexity index is 341. The van der Waals surface area contributed by atoms with Crippen LogP contribution < -0.4 is 5.32 Å². The molecule has 0 amide bonds. The van der Waals surface area contributed by atoms with Gasteiger partial charge in [-0.05, 0) is 39.8 Å². The third kappa shape index (κ3) is 3.82. The van der Waals surface area contributed by atoms with Crippen LogP contribution in [0.3, 0.4) is 0 Å². The lowest BCUT2D eigenvalue weighted by atomic mass is 10.1. The zero-order valence-electron chi connectivity index (χ0n) is 11.7. The van der Waals surface area contributed by atoms with Crippen molar-refractivity contribution < 1.29 is 0 Å². The third-order valence-electron chi connectivity index (χ3n) is 3.80. The van der Waals surface area contributed by atoms with Crippen molar-refractivity contribution >= 4 is 0 Å². The van der Waals surface area contributed by atoms with E-state index in [0.29, 0.717) is 6.04 Å². The van der Waals surface area contributed by atoms with Gasteiger partial charge in [0, 0.05) is 37.4 Å². The Labute approximate surface area is 110 Å². The molecule has 18 heavy (non-hydrogen) atoms. The van der Waals surface area contributed by atoms with Crippen LogP contribution in [0.2, 0.25) is 0 Å². The average molecular weight is 250 g/mol. The topological polar surface area (TPSA) is 33.1 Å². The van der Waals surface area contributed by atoms with Crippen molar-refractivity contribution in [1.82, 2.24) is 20.0 Å². The number of hydrogen-bond acceptors (Lipinski definition) is 3. The van der Waals surface area contributed by atoms with Gasteiger partial charge in [0.1, 0.15) is 0 Å². The zero-order valence-corrected chi connectivity index (χ0v) is 11.7. The first-order valence-corrected chi connectivity index (χ1v) is 7.27. The molecule has 0 saturated carbocycles. The number of piperidine rings is 1. The molecule has 0 spiro atoms. The van der Waals surface area contributed by atoms with Crippen molar-refractivity contribution in [1.29, 1.82) is 0 Å². The highest BCUT2D eigenvalue weighted by molar-refractivity contribution is 5.09. The average Bonchev–Trinajstić information content (AvgIpc) is 2.89. The smallest absolute Gasteiger partial charge is 0.0537 e. The summed E-state index contributed by atoms with van der Waals surface area (Å²) in [6.07, 6.45) is 8.27. The minimum Gasteiger partial charge on any atom is -0.309 e. The first-order valence-electron chi connectivity index (χ1n) is 7.27. The number of nitrogens with one attached hydrogen (secondary N) is 1. The van der Waals surface area contributed by atoms with Gasteiger partial charge < -0.3 is 10.2 Å². The van der Waals surface area contributed by atoms with Crippen molar-refractivity contribution in [2.75, 3.05) is 26.2 Å². The fourth-order valence-electron chi connectivity index (χ4n) is 2.52. The molecule has 1 saturated heterocycles. The Morgan fingerprint density at radius 2 is 2.11 bits per heavy atom. The highest BCUT2D eigenvalue weighted by Crippen LogP contribution is 2.11. The van der Waals surface area contributed by atoms with Crippen molar-refractivity contribution in [3.63, 3.8) is 0 Å². The van der Waals surface area contributed by atoms with E-state index in [1.165, 1.54) is 44.5 Å². The van der Waals surface area contributed by atoms with Crippen molar-refractivity contribution in [2.24, 2.45) is 0 Å². The highest BCUT2D eigenvalue weighted by atomic mass is 15.3. The summed E-state index contributed by atoms with van der Waals surface area (Å²) in [5.74, 6) is 0. The molecule has 0 radical (unpaired) electrons. The van der Waals surface area contributed by atoms with Gasteiger partial charge >= 0.3 is 0 Å². The summed E-state index contributed by atoms with van der Waals surface area (Å²) < 4.78 is 1.98. The van der Waals surface area contributed by atoms with Gasteiger partial charge in [-0.15, -0.1) is 0 Å². The molecule has 2 rings (SSSR count). The van der Waals surface area contributed by atoms with E-state index in [1.54, 1.807) is 0 Å². The lowest BCUT2D eigenvalue weighted by Crippen LogP contribution is -2.36. The molecule has 1 atom stereocenters. The van der Waals surface area contributed by atoms with E-state index in [-0.39, 0.29) is 0 Å². The van der Waals surface area contributed by atoms with Crippen LogP contribution in [0.5, 0.6) is 0 Å². The Kier molecular flexibility index (Phi) is 5.20. The summed E-state index contributed by atoms with van der Waals surface area (Å²) in [5.41, 5.74) is 1.29. The molecule has 1 aliphatic rings. The summed E-state index contributed by atoms with van der Waals surface area (Å²) in [6.45, 7) is 10.1. The van der Waals surface area contributed by atoms with E-state index in [2.05, 4.69) is 35.4 Å². The van der Waals surface area contributed by atoms with Gasteiger partial charge in [0.05, 0.1) is 6.20 Å². The Hall–Kier alpha value is -0.870. The molecule has 1 aromatic heterocycles. The number of hydrogen-bond donors (Lipinski definition) is 1. The Morgan fingerprint density at radius 3 is 2.78 bits per heavy atom. The highest BCUT2D eigenvalue weighted by Gasteiger charge is 2.11. The van der Waals surface area contributed by atoms with Crippen molar-refractivity contribution in [2.45, 2.75) is 45.7 Å². The largest absolute Gasteiger partial charge is 0.309 e. The SMILES string of the molecule is CCn1cc(C(C)NCCN2CCCCC2)cn1. The molecule has 1 fully saturated rings. The summed E-state index contributed by atoms with van der Waals surface area (Å²) in [5, 5.41) is 7.91. The van der Waals surface area contributed by atoms with Crippen LogP contribution in [0, 0.1) is 0 Å². The van der Waals surface area contributed by atoms with E-state index in [9.17, 15) is 0 Å². The quantitative estimate of drug-likeness (QED) is 0.839. The van der Waals surface area contributed by atoms with Gasteiger partial charge in [-0.1, -0.05) is 6.42 Å². The predicted molar refractivity (Wildman–Crippen MR) is 74.6 cm³/mol. The van der Waals surface area contributed by atoms with Crippen molar-refractivity contribution in [3.8, 4) is 0 Å². The number of nitrogens with zero attached hydrogens (tertiary/aromatic N) is 3. The van der Waals surface area contributed by atoms with Crippen LogP contribution >= 0.6 is 0 Å². The van der Waals surface area contributed by atoms with Gasteiger partial charge in [0.25, 0.3) is 0 Å². The molecule has 1 aromatic rings. The first-order chi connectivity index (χ1) is 8.79. The minimum absolute atomic E-state index is 0.398. The van der Waals surface area contributed by atoms with Crippen LogP contribution in [0.1, 0.15) is 44.7 Å². The number of aromatic nitrogens is 2. The van der Waals surface area contributed by atoms with E-state index in [0.717, 1.165) is 13.1 Å². The van der Waals surface area contributed by atoms with Gasteiger partial charge in [0.15, 0.2) is 0 Å². The van der Waals surface area contributed by atoms with E-state index in [4.69, 9.17) is 0 Å². The van der Waals surface area contributed by atoms with Crippen LogP contribution in [-0.2, 0) is 6.54 Å². The Morgan fingerprint density at radius 1 is 1.33 bits per heavy atom. The molecule has 1 aliphatic heterocycles. The van der Waals surface area contributed by atoms with Crippen LogP contribution in [0.25, 0.3) is 0 Å². The molecule has 102 valence electrons. The van der Waals surface area contributed by atoms with Crippen molar-refractivity contribution in [3.05, 3.63) is 18.0 Å². The maximum absolute atomic E-state index is 4.32. The lowest BCUT2D eigenvalue weighted by molar-refractivity contribution is 0.227. The van der Waals surface area contributed by atoms with Crippen LogP contribution in [0.4, 0.5) is 0 Å². The van der Waals surface area contributed by atoms with Gasteiger partial charge in [-0.3, -0.25) is 4.68 Å². The lowest BCUT2D eigenvalue weighted by Gasteiger charge is -2.27. The van der Waals surface area contributed by atoms with E-state index >= 15 is 0 Å². The summed E-state index contributed by atoms with van der Waals surface area (Å²) in [6, 6.07) is 0.398. The molecule has 0 aliphatic carbocycles. The predicted octanol–water partition coefficient (Wildman–Crippen LogP) is 2.04. The normalized spacial score (nSPS) is 19.0. The molecule has 1 unspecified atom stereocenters. The summed E-state index contributed by atoms with van der Waals surface area (Å²) in [7, 11) is 0. The summed E-state index contributed by atoms with van der Waals surface area (Å²) in [4.78, 5) is 2.57. The van der Waals surface area contributed by atoms with Crippen LogP contribution in [0.15, 0.2) is 12.4 Å². The first kappa shape index (κ1) is 13.6. The minimum atomic E-state index is 0.398.